The molecule has 0 bridgehead atoms. The highest BCUT2D eigenvalue weighted by Gasteiger charge is 2.17. The van der Waals surface area contributed by atoms with Gasteiger partial charge in [0.15, 0.2) is 5.82 Å². The molecule has 130 valence electrons. The molecule has 0 atom stereocenters. The molecule has 2 aromatic rings. The number of benzene rings is 1. The lowest BCUT2D eigenvalue weighted by Crippen LogP contribution is -2.17. The van der Waals surface area contributed by atoms with Crippen molar-refractivity contribution in [1.29, 1.82) is 0 Å². The second-order valence-corrected chi connectivity index (χ2v) is 7.17. The first-order valence-corrected chi connectivity index (χ1v) is 8.31. The molecule has 6 nitrogen and oxygen atoms in total. The molecular formula is C18H28N6. The van der Waals surface area contributed by atoms with E-state index in [-0.39, 0.29) is 5.41 Å². The van der Waals surface area contributed by atoms with Gasteiger partial charge in [0.2, 0.25) is 5.95 Å². The topological polar surface area (TPSA) is 66.0 Å². The molecule has 0 fully saturated rings. The molecule has 0 aliphatic rings. The van der Waals surface area contributed by atoms with Gasteiger partial charge in [0, 0.05) is 12.2 Å². The summed E-state index contributed by atoms with van der Waals surface area (Å²) in [5.74, 6) is 1.24. The lowest BCUT2D eigenvalue weighted by Gasteiger charge is -2.23. The summed E-state index contributed by atoms with van der Waals surface area (Å²) in [6.45, 7) is 8.44. The first-order valence-electron chi connectivity index (χ1n) is 8.31. The molecule has 0 saturated carbocycles. The van der Waals surface area contributed by atoms with Crippen LogP contribution < -0.4 is 10.6 Å². The number of rotatable bonds is 7. The monoisotopic (exact) mass is 328 g/mol. The van der Waals surface area contributed by atoms with Crippen LogP contribution in [0.2, 0.25) is 0 Å². The Hall–Kier alpha value is -2.21. The standard InChI is InChI=1S/C18H28N6/c1-18(2,3)14-9-6-7-10-15(14)21-16-13-20-23-17(22-16)19-11-8-12-24(4)5/h6-7,9-10,13H,8,11-12H2,1-5H3,(H2,19,21,22,23). The normalized spacial score (nSPS) is 11.6. The van der Waals surface area contributed by atoms with E-state index in [0.717, 1.165) is 25.2 Å². The predicted octanol–water partition coefficient (Wildman–Crippen LogP) is 3.28. The van der Waals surface area contributed by atoms with Gasteiger partial charge >= 0.3 is 0 Å². The third kappa shape index (κ3) is 5.45. The lowest BCUT2D eigenvalue weighted by atomic mass is 9.86. The number of hydrogen-bond donors (Lipinski definition) is 2. The molecule has 0 aliphatic heterocycles. The van der Waals surface area contributed by atoms with Crippen LogP contribution in [0.15, 0.2) is 30.5 Å². The van der Waals surface area contributed by atoms with Crippen molar-refractivity contribution in [2.75, 3.05) is 37.8 Å². The summed E-state index contributed by atoms with van der Waals surface area (Å²) >= 11 is 0. The van der Waals surface area contributed by atoms with E-state index in [1.807, 2.05) is 6.07 Å². The average molecular weight is 328 g/mol. The second kappa shape index (κ2) is 8.06. The van der Waals surface area contributed by atoms with Crippen molar-refractivity contribution in [3.63, 3.8) is 0 Å². The Balaban J connectivity index is 2.05. The van der Waals surface area contributed by atoms with Gasteiger partial charge in [0.1, 0.15) is 0 Å². The van der Waals surface area contributed by atoms with Crippen molar-refractivity contribution in [3.05, 3.63) is 36.0 Å². The van der Waals surface area contributed by atoms with Gasteiger partial charge in [-0.05, 0) is 44.1 Å². The molecule has 0 spiro atoms. The molecule has 0 radical (unpaired) electrons. The molecule has 2 N–H and O–H groups in total. The van der Waals surface area contributed by atoms with E-state index in [1.165, 1.54) is 5.56 Å². The Morgan fingerprint density at radius 2 is 1.88 bits per heavy atom. The van der Waals surface area contributed by atoms with E-state index in [2.05, 4.69) is 83.8 Å². The summed E-state index contributed by atoms with van der Waals surface area (Å²) in [6, 6.07) is 8.28. The Bertz CT molecular complexity index is 648. The van der Waals surface area contributed by atoms with E-state index in [1.54, 1.807) is 6.20 Å². The number of hydrogen-bond acceptors (Lipinski definition) is 6. The van der Waals surface area contributed by atoms with Crippen LogP contribution in [0.25, 0.3) is 0 Å². The van der Waals surface area contributed by atoms with Gasteiger partial charge in [-0.1, -0.05) is 39.0 Å². The minimum atomic E-state index is 0.0529. The van der Waals surface area contributed by atoms with E-state index < -0.39 is 0 Å². The molecule has 1 heterocycles. The zero-order chi connectivity index (χ0) is 17.6. The summed E-state index contributed by atoms with van der Waals surface area (Å²) < 4.78 is 0. The predicted molar refractivity (Wildman–Crippen MR) is 99.9 cm³/mol. The number of nitrogens with zero attached hydrogens (tertiary/aromatic N) is 4. The van der Waals surface area contributed by atoms with Gasteiger partial charge in [-0.15, -0.1) is 5.10 Å². The first kappa shape index (κ1) is 18.1. The highest BCUT2D eigenvalue weighted by Crippen LogP contribution is 2.30. The lowest BCUT2D eigenvalue weighted by molar-refractivity contribution is 0.405. The Labute approximate surface area is 144 Å². The van der Waals surface area contributed by atoms with Gasteiger partial charge in [-0.25, -0.2) is 0 Å². The summed E-state index contributed by atoms with van der Waals surface area (Å²) in [5, 5.41) is 14.7. The molecular weight excluding hydrogens is 300 g/mol. The zero-order valence-electron chi connectivity index (χ0n) is 15.3. The van der Waals surface area contributed by atoms with Crippen LogP contribution in [0.1, 0.15) is 32.8 Å². The Morgan fingerprint density at radius 1 is 1.12 bits per heavy atom. The van der Waals surface area contributed by atoms with Crippen LogP contribution in [0.5, 0.6) is 0 Å². The van der Waals surface area contributed by atoms with E-state index >= 15 is 0 Å². The summed E-state index contributed by atoms with van der Waals surface area (Å²) in [5.41, 5.74) is 2.34. The molecule has 0 saturated heterocycles. The summed E-state index contributed by atoms with van der Waals surface area (Å²) in [4.78, 5) is 6.65. The van der Waals surface area contributed by atoms with Crippen molar-refractivity contribution < 1.29 is 0 Å². The SMILES string of the molecule is CN(C)CCCNc1nncc(Nc2ccccc2C(C)(C)C)n1. The van der Waals surface area contributed by atoms with Crippen molar-refractivity contribution >= 4 is 17.5 Å². The average Bonchev–Trinajstić information content (AvgIpc) is 2.51. The van der Waals surface area contributed by atoms with Crippen LogP contribution in [0, 0.1) is 0 Å². The minimum Gasteiger partial charge on any atom is -0.353 e. The largest absolute Gasteiger partial charge is 0.353 e. The van der Waals surface area contributed by atoms with E-state index in [0.29, 0.717) is 11.8 Å². The van der Waals surface area contributed by atoms with Crippen molar-refractivity contribution in [2.45, 2.75) is 32.6 Å². The van der Waals surface area contributed by atoms with Crippen molar-refractivity contribution in [3.8, 4) is 0 Å². The fourth-order valence-corrected chi connectivity index (χ4v) is 2.42. The van der Waals surface area contributed by atoms with Crippen LogP contribution >= 0.6 is 0 Å². The fraction of sp³-hybridized carbons (Fsp3) is 0.500. The van der Waals surface area contributed by atoms with Crippen LogP contribution in [0.3, 0.4) is 0 Å². The van der Waals surface area contributed by atoms with Gasteiger partial charge in [0.25, 0.3) is 0 Å². The fourth-order valence-electron chi connectivity index (χ4n) is 2.42. The number of anilines is 3. The van der Waals surface area contributed by atoms with Gasteiger partial charge in [-0.3, -0.25) is 0 Å². The molecule has 2 rings (SSSR count). The molecule has 0 aliphatic carbocycles. The maximum absolute atomic E-state index is 4.50. The quantitative estimate of drug-likeness (QED) is 0.761. The van der Waals surface area contributed by atoms with Crippen molar-refractivity contribution in [1.82, 2.24) is 20.1 Å². The number of para-hydroxylation sites is 1. The highest BCUT2D eigenvalue weighted by atomic mass is 15.3. The molecule has 1 aromatic heterocycles. The Morgan fingerprint density at radius 3 is 2.58 bits per heavy atom. The van der Waals surface area contributed by atoms with E-state index in [4.69, 9.17) is 0 Å². The smallest absolute Gasteiger partial charge is 0.244 e. The van der Waals surface area contributed by atoms with Gasteiger partial charge < -0.3 is 15.5 Å². The van der Waals surface area contributed by atoms with Crippen LogP contribution in [-0.2, 0) is 5.41 Å². The van der Waals surface area contributed by atoms with Crippen molar-refractivity contribution in [2.24, 2.45) is 0 Å². The second-order valence-electron chi connectivity index (χ2n) is 7.17. The maximum Gasteiger partial charge on any atom is 0.244 e. The van der Waals surface area contributed by atoms with E-state index in [9.17, 15) is 0 Å². The minimum absolute atomic E-state index is 0.0529. The molecule has 0 unspecified atom stereocenters. The third-order valence-electron chi connectivity index (χ3n) is 3.62. The maximum atomic E-state index is 4.50. The van der Waals surface area contributed by atoms with Gasteiger partial charge in [-0.2, -0.15) is 10.1 Å². The zero-order valence-corrected chi connectivity index (χ0v) is 15.3. The molecule has 6 heteroatoms. The Kier molecular flexibility index (Phi) is 6.09. The summed E-state index contributed by atoms with van der Waals surface area (Å²) in [6.07, 6.45) is 2.67. The first-order chi connectivity index (χ1) is 11.4. The molecule has 1 aromatic carbocycles. The third-order valence-corrected chi connectivity index (χ3v) is 3.62. The van der Waals surface area contributed by atoms with Crippen LogP contribution in [0.4, 0.5) is 17.5 Å². The number of aromatic nitrogens is 3. The summed E-state index contributed by atoms with van der Waals surface area (Å²) in [7, 11) is 4.13. The van der Waals surface area contributed by atoms with Gasteiger partial charge in [0.05, 0.1) is 6.20 Å². The molecule has 24 heavy (non-hydrogen) atoms. The molecule has 0 amide bonds. The van der Waals surface area contributed by atoms with Crippen LogP contribution in [-0.4, -0.2) is 47.3 Å². The number of nitrogens with one attached hydrogen (secondary N) is 2. The highest BCUT2D eigenvalue weighted by molar-refractivity contribution is 5.62.